The van der Waals surface area contributed by atoms with Gasteiger partial charge in [-0.25, -0.2) is 0 Å². The number of hydrogen-bond acceptors (Lipinski definition) is 3. The van der Waals surface area contributed by atoms with Gasteiger partial charge in [0.1, 0.15) is 0 Å². The molecule has 2 aliphatic rings. The first kappa shape index (κ1) is 12.6. The van der Waals surface area contributed by atoms with Gasteiger partial charge in [0.2, 0.25) is 0 Å². The second-order valence-corrected chi connectivity index (χ2v) is 6.01. The summed E-state index contributed by atoms with van der Waals surface area (Å²) in [5.74, 6) is 0. The molecular weight excluding hydrogens is 224 g/mol. The molecule has 0 bridgehead atoms. The van der Waals surface area contributed by atoms with Crippen LogP contribution in [0.15, 0.2) is 0 Å². The van der Waals surface area contributed by atoms with Gasteiger partial charge >= 0.3 is 0 Å². The van der Waals surface area contributed by atoms with Crippen LogP contribution in [0.2, 0.25) is 0 Å². The maximum atomic E-state index is 6.20. The smallest absolute Gasteiger partial charge is 0.0594 e. The van der Waals surface area contributed by atoms with Gasteiger partial charge in [-0.15, -0.1) is 11.6 Å². The number of hydrogen-bond donors (Lipinski definition) is 1. The monoisotopic (exact) mass is 246 g/mol. The van der Waals surface area contributed by atoms with Crippen LogP contribution in [0, 0.1) is 5.41 Å². The molecule has 3 nitrogen and oxygen atoms in total. The number of halogens is 1. The van der Waals surface area contributed by atoms with Gasteiger partial charge in [0.05, 0.1) is 13.2 Å². The highest BCUT2D eigenvalue weighted by Crippen LogP contribution is 2.44. The van der Waals surface area contributed by atoms with Crippen molar-refractivity contribution in [1.82, 2.24) is 10.2 Å². The van der Waals surface area contributed by atoms with E-state index < -0.39 is 0 Å². The standard InChI is InChI=1S/C12H23ClN2O/c1-12(2)10(13)9-11(12)14-3-4-15-5-7-16-8-6-15/h10-11,14H,3-9H2,1-2H3. The lowest BCUT2D eigenvalue weighted by molar-refractivity contribution is 0.0355. The Morgan fingerprint density at radius 1 is 1.38 bits per heavy atom. The summed E-state index contributed by atoms with van der Waals surface area (Å²) < 4.78 is 5.33. The van der Waals surface area contributed by atoms with Crippen LogP contribution in [0.1, 0.15) is 20.3 Å². The maximum absolute atomic E-state index is 6.20. The molecule has 2 unspecified atom stereocenters. The predicted molar refractivity (Wildman–Crippen MR) is 67.1 cm³/mol. The first-order valence-electron chi connectivity index (χ1n) is 6.28. The average molecular weight is 247 g/mol. The summed E-state index contributed by atoms with van der Waals surface area (Å²) in [4.78, 5) is 2.46. The fourth-order valence-corrected chi connectivity index (χ4v) is 2.77. The summed E-state index contributed by atoms with van der Waals surface area (Å²) >= 11 is 6.20. The Bertz CT molecular complexity index is 229. The van der Waals surface area contributed by atoms with Gasteiger partial charge in [-0.1, -0.05) is 13.8 Å². The van der Waals surface area contributed by atoms with E-state index in [4.69, 9.17) is 16.3 Å². The number of rotatable bonds is 4. The average Bonchev–Trinajstić information content (AvgIpc) is 2.29. The molecule has 0 aromatic carbocycles. The Morgan fingerprint density at radius 2 is 2.06 bits per heavy atom. The molecule has 4 heteroatoms. The largest absolute Gasteiger partial charge is 0.379 e. The third kappa shape index (κ3) is 2.70. The second-order valence-electron chi connectivity index (χ2n) is 5.49. The van der Waals surface area contributed by atoms with Gasteiger partial charge in [0, 0.05) is 37.6 Å². The fourth-order valence-electron chi connectivity index (χ4n) is 2.44. The molecule has 1 saturated carbocycles. The lowest BCUT2D eigenvalue weighted by atomic mass is 9.67. The lowest BCUT2D eigenvalue weighted by Crippen LogP contribution is -2.58. The molecule has 0 amide bonds. The SMILES string of the molecule is CC1(C)C(Cl)CC1NCCN1CCOCC1. The highest BCUT2D eigenvalue weighted by molar-refractivity contribution is 6.21. The topological polar surface area (TPSA) is 24.5 Å². The van der Waals surface area contributed by atoms with Crippen molar-refractivity contribution in [2.75, 3.05) is 39.4 Å². The van der Waals surface area contributed by atoms with Crippen LogP contribution in [0.5, 0.6) is 0 Å². The van der Waals surface area contributed by atoms with E-state index in [9.17, 15) is 0 Å². The van der Waals surface area contributed by atoms with E-state index in [0.29, 0.717) is 11.4 Å². The zero-order valence-electron chi connectivity index (χ0n) is 10.3. The van der Waals surface area contributed by atoms with Crippen molar-refractivity contribution in [3.05, 3.63) is 0 Å². The van der Waals surface area contributed by atoms with Crippen LogP contribution >= 0.6 is 11.6 Å². The van der Waals surface area contributed by atoms with Crippen LogP contribution in [-0.4, -0.2) is 55.7 Å². The fraction of sp³-hybridized carbons (Fsp3) is 1.00. The summed E-state index contributed by atoms with van der Waals surface area (Å²) in [6.07, 6.45) is 1.11. The molecule has 0 aromatic rings. The summed E-state index contributed by atoms with van der Waals surface area (Å²) in [5.41, 5.74) is 0.257. The van der Waals surface area contributed by atoms with Crippen molar-refractivity contribution >= 4 is 11.6 Å². The minimum atomic E-state index is 0.257. The van der Waals surface area contributed by atoms with Crippen molar-refractivity contribution in [2.24, 2.45) is 5.41 Å². The molecule has 1 aliphatic carbocycles. The molecular formula is C12H23ClN2O. The van der Waals surface area contributed by atoms with Gasteiger partial charge in [-0.3, -0.25) is 4.90 Å². The number of nitrogens with zero attached hydrogens (tertiary/aromatic N) is 1. The Labute approximate surface area is 103 Å². The van der Waals surface area contributed by atoms with Crippen molar-refractivity contribution in [3.8, 4) is 0 Å². The highest BCUT2D eigenvalue weighted by atomic mass is 35.5. The third-order valence-corrected chi connectivity index (χ3v) is 4.81. The number of morpholine rings is 1. The highest BCUT2D eigenvalue weighted by Gasteiger charge is 2.46. The Hall–Kier alpha value is 0.170. The minimum Gasteiger partial charge on any atom is -0.379 e. The summed E-state index contributed by atoms with van der Waals surface area (Å²) in [6.45, 7) is 10.6. The molecule has 2 rings (SSSR count). The molecule has 94 valence electrons. The van der Waals surface area contributed by atoms with Gasteiger partial charge in [-0.2, -0.15) is 0 Å². The molecule has 2 fully saturated rings. The third-order valence-electron chi connectivity index (χ3n) is 4.07. The number of ether oxygens (including phenoxy) is 1. The Morgan fingerprint density at radius 3 is 2.62 bits per heavy atom. The van der Waals surface area contributed by atoms with Crippen LogP contribution in [0.4, 0.5) is 0 Å². The Balaban J connectivity index is 1.61. The quantitative estimate of drug-likeness (QED) is 0.758. The van der Waals surface area contributed by atoms with E-state index in [1.165, 1.54) is 0 Å². The van der Waals surface area contributed by atoms with Gasteiger partial charge in [0.25, 0.3) is 0 Å². The summed E-state index contributed by atoms with van der Waals surface area (Å²) in [5, 5.41) is 3.96. The van der Waals surface area contributed by atoms with E-state index in [-0.39, 0.29) is 5.41 Å². The van der Waals surface area contributed by atoms with Crippen LogP contribution in [0.3, 0.4) is 0 Å². The predicted octanol–water partition coefficient (Wildman–Crippen LogP) is 1.31. The minimum absolute atomic E-state index is 0.257. The van der Waals surface area contributed by atoms with Crippen molar-refractivity contribution in [1.29, 1.82) is 0 Å². The van der Waals surface area contributed by atoms with Crippen molar-refractivity contribution in [2.45, 2.75) is 31.7 Å². The Kier molecular flexibility index (Phi) is 4.11. The van der Waals surface area contributed by atoms with E-state index in [1.54, 1.807) is 0 Å². The van der Waals surface area contributed by atoms with Gasteiger partial charge in [-0.05, 0) is 11.8 Å². The van der Waals surface area contributed by atoms with Crippen molar-refractivity contribution < 1.29 is 4.74 Å². The molecule has 0 radical (unpaired) electrons. The van der Waals surface area contributed by atoms with Crippen molar-refractivity contribution in [3.63, 3.8) is 0 Å². The molecule has 0 aromatic heterocycles. The molecule has 1 saturated heterocycles. The molecule has 1 N–H and O–H groups in total. The van der Waals surface area contributed by atoms with E-state index in [1.807, 2.05) is 0 Å². The van der Waals surface area contributed by atoms with Gasteiger partial charge in [0.15, 0.2) is 0 Å². The van der Waals surface area contributed by atoms with E-state index >= 15 is 0 Å². The molecule has 1 heterocycles. The first-order valence-corrected chi connectivity index (χ1v) is 6.72. The lowest BCUT2D eigenvalue weighted by Gasteiger charge is -2.49. The zero-order valence-corrected chi connectivity index (χ0v) is 11.1. The zero-order chi connectivity index (χ0) is 11.6. The van der Waals surface area contributed by atoms with Gasteiger partial charge < -0.3 is 10.1 Å². The van der Waals surface area contributed by atoms with Crippen LogP contribution in [-0.2, 0) is 4.74 Å². The summed E-state index contributed by atoms with van der Waals surface area (Å²) in [6, 6.07) is 0.594. The molecule has 16 heavy (non-hydrogen) atoms. The molecule has 0 spiro atoms. The van der Waals surface area contributed by atoms with E-state index in [0.717, 1.165) is 45.8 Å². The van der Waals surface area contributed by atoms with Crippen LogP contribution in [0.25, 0.3) is 0 Å². The van der Waals surface area contributed by atoms with E-state index in [2.05, 4.69) is 24.1 Å². The normalized spacial score (nSPS) is 34.7. The molecule has 2 atom stereocenters. The number of nitrogens with one attached hydrogen (secondary N) is 1. The maximum Gasteiger partial charge on any atom is 0.0594 e. The molecule has 1 aliphatic heterocycles. The number of alkyl halides is 1. The second kappa shape index (κ2) is 5.21. The van der Waals surface area contributed by atoms with Crippen LogP contribution < -0.4 is 5.32 Å². The first-order chi connectivity index (χ1) is 7.60. The summed E-state index contributed by atoms with van der Waals surface area (Å²) in [7, 11) is 0.